The third-order valence-corrected chi connectivity index (χ3v) is 3.88. The van der Waals surface area contributed by atoms with Gasteiger partial charge in [-0.1, -0.05) is 70.9 Å². The van der Waals surface area contributed by atoms with E-state index >= 15 is 0 Å². The zero-order valence-electron chi connectivity index (χ0n) is 13.9. The minimum Gasteiger partial charge on any atom is -0.494 e. The highest BCUT2D eigenvalue weighted by atomic mass is 16.5. The van der Waals surface area contributed by atoms with E-state index in [1.54, 1.807) is 0 Å². The van der Waals surface area contributed by atoms with Gasteiger partial charge in [0.1, 0.15) is 5.75 Å². The molecule has 0 saturated heterocycles. The molecule has 21 heavy (non-hydrogen) atoms. The first kappa shape index (κ1) is 18.0. The summed E-state index contributed by atoms with van der Waals surface area (Å²) in [7, 11) is 0. The first-order valence-electron chi connectivity index (χ1n) is 8.76. The molecule has 120 valence electrons. The van der Waals surface area contributed by atoms with Crippen molar-refractivity contribution in [2.45, 2.75) is 77.7 Å². The molecule has 1 unspecified atom stereocenters. The second kappa shape index (κ2) is 11.6. The van der Waals surface area contributed by atoms with E-state index in [1.165, 1.54) is 50.5 Å². The summed E-state index contributed by atoms with van der Waals surface area (Å²) in [6.07, 6.45) is 11.5. The number of rotatable bonds is 12. The third-order valence-electron chi connectivity index (χ3n) is 3.88. The van der Waals surface area contributed by atoms with Crippen molar-refractivity contribution in [3.63, 3.8) is 0 Å². The molecule has 0 spiro atoms. The van der Waals surface area contributed by atoms with Crippen LogP contribution in [0.2, 0.25) is 0 Å². The maximum Gasteiger partial charge on any atom is 0.119 e. The zero-order chi connectivity index (χ0) is 15.3. The summed E-state index contributed by atoms with van der Waals surface area (Å²) in [6.45, 7) is 5.16. The van der Waals surface area contributed by atoms with Crippen LogP contribution in [-0.4, -0.2) is 6.61 Å². The molecule has 0 amide bonds. The van der Waals surface area contributed by atoms with E-state index in [4.69, 9.17) is 10.5 Å². The number of benzene rings is 1. The maximum atomic E-state index is 6.30. The lowest BCUT2D eigenvalue weighted by atomic mass is 10.00. The lowest BCUT2D eigenvalue weighted by molar-refractivity contribution is 0.317. The Morgan fingerprint density at radius 1 is 0.952 bits per heavy atom. The van der Waals surface area contributed by atoms with Gasteiger partial charge in [-0.2, -0.15) is 0 Å². The Bertz CT molecular complexity index is 364. The van der Waals surface area contributed by atoms with Gasteiger partial charge in [-0.3, -0.25) is 0 Å². The summed E-state index contributed by atoms with van der Waals surface area (Å²) in [4.78, 5) is 0. The van der Waals surface area contributed by atoms with Gasteiger partial charge in [0.15, 0.2) is 0 Å². The van der Waals surface area contributed by atoms with Crippen LogP contribution >= 0.6 is 0 Å². The molecule has 0 radical (unpaired) electrons. The minimum atomic E-state index is 0.144. The topological polar surface area (TPSA) is 35.2 Å². The summed E-state index contributed by atoms with van der Waals surface area (Å²) in [6, 6.07) is 8.42. The molecule has 1 atom stereocenters. The molecule has 1 aromatic rings. The van der Waals surface area contributed by atoms with E-state index in [2.05, 4.69) is 26.0 Å². The number of hydrogen-bond donors (Lipinski definition) is 1. The first-order valence-corrected chi connectivity index (χ1v) is 8.76. The second-order valence-electron chi connectivity index (χ2n) is 5.94. The fraction of sp³-hybridized carbons (Fsp3) is 0.684. The van der Waals surface area contributed by atoms with Crippen molar-refractivity contribution in [2.75, 3.05) is 6.61 Å². The molecule has 0 heterocycles. The van der Waals surface area contributed by atoms with Crippen LogP contribution < -0.4 is 10.5 Å². The van der Waals surface area contributed by atoms with Crippen LogP contribution in [0, 0.1) is 0 Å². The first-order chi connectivity index (χ1) is 10.3. The number of nitrogens with two attached hydrogens (primary N) is 1. The quantitative estimate of drug-likeness (QED) is 0.507. The van der Waals surface area contributed by atoms with Crippen molar-refractivity contribution in [1.29, 1.82) is 0 Å². The molecular formula is C19H33NO. The van der Waals surface area contributed by atoms with Gasteiger partial charge in [-0.05, 0) is 30.5 Å². The van der Waals surface area contributed by atoms with Crippen LogP contribution in [0.5, 0.6) is 5.75 Å². The van der Waals surface area contributed by atoms with E-state index in [-0.39, 0.29) is 6.04 Å². The Kier molecular flexibility index (Phi) is 9.98. The van der Waals surface area contributed by atoms with Crippen molar-refractivity contribution in [2.24, 2.45) is 5.73 Å². The third kappa shape index (κ3) is 8.11. The predicted octanol–water partition coefficient (Wildman–Crippen LogP) is 5.62. The van der Waals surface area contributed by atoms with Crippen molar-refractivity contribution in [3.05, 3.63) is 29.8 Å². The van der Waals surface area contributed by atoms with Gasteiger partial charge in [-0.15, -0.1) is 0 Å². The van der Waals surface area contributed by atoms with Crippen molar-refractivity contribution in [1.82, 2.24) is 0 Å². The maximum absolute atomic E-state index is 6.30. The number of ether oxygens (including phenoxy) is 1. The smallest absolute Gasteiger partial charge is 0.119 e. The van der Waals surface area contributed by atoms with Gasteiger partial charge in [0.25, 0.3) is 0 Å². The molecule has 2 N–H and O–H groups in total. The molecule has 0 bridgehead atoms. The van der Waals surface area contributed by atoms with Gasteiger partial charge in [0.2, 0.25) is 0 Å². The standard InChI is InChI=1S/C19H33NO/c1-3-5-6-7-8-9-10-14-19(20)17-12-11-13-18(16-17)21-15-4-2/h11-13,16,19H,3-10,14-15,20H2,1-2H3. The molecular weight excluding hydrogens is 258 g/mol. The van der Waals surface area contributed by atoms with Crippen LogP contribution in [0.15, 0.2) is 24.3 Å². The van der Waals surface area contributed by atoms with Crippen molar-refractivity contribution < 1.29 is 4.74 Å². The molecule has 0 aliphatic carbocycles. The van der Waals surface area contributed by atoms with Gasteiger partial charge < -0.3 is 10.5 Å². The number of hydrogen-bond acceptors (Lipinski definition) is 2. The Morgan fingerprint density at radius 2 is 1.67 bits per heavy atom. The van der Waals surface area contributed by atoms with Crippen molar-refractivity contribution >= 4 is 0 Å². The SMILES string of the molecule is CCCCCCCCCC(N)c1cccc(OCCC)c1. The van der Waals surface area contributed by atoms with E-state index in [0.717, 1.165) is 25.2 Å². The zero-order valence-corrected chi connectivity index (χ0v) is 13.9. The average Bonchev–Trinajstić information content (AvgIpc) is 2.52. The highest BCUT2D eigenvalue weighted by Gasteiger charge is 2.06. The molecule has 0 aliphatic rings. The fourth-order valence-electron chi connectivity index (χ4n) is 2.54. The molecule has 0 saturated carbocycles. The van der Waals surface area contributed by atoms with Crippen LogP contribution in [0.25, 0.3) is 0 Å². The molecule has 0 fully saturated rings. The van der Waals surface area contributed by atoms with E-state index < -0.39 is 0 Å². The molecule has 1 aromatic carbocycles. The lowest BCUT2D eigenvalue weighted by Gasteiger charge is -2.13. The summed E-state index contributed by atoms with van der Waals surface area (Å²) in [5.41, 5.74) is 7.50. The summed E-state index contributed by atoms with van der Waals surface area (Å²) < 4.78 is 5.67. The Morgan fingerprint density at radius 3 is 2.38 bits per heavy atom. The largest absolute Gasteiger partial charge is 0.494 e. The van der Waals surface area contributed by atoms with Crippen molar-refractivity contribution in [3.8, 4) is 5.75 Å². The fourth-order valence-corrected chi connectivity index (χ4v) is 2.54. The highest BCUT2D eigenvalue weighted by Crippen LogP contribution is 2.22. The van der Waals surface area contributed by atoms with Gasteiger partial charge in [0.05, 0.1) is 6.61 Å². The molecule has 0 aromatic heterocycles. The predicted molar refractivity (Wildman–Crippen MR) is 91.8 cm³/mol. The lowest BCUT2D eigenvalue weighted by Crippen LogP contribution is -2.10. The average molecular weight is 291 g/mol. The van der Waals surface area contributed by atoms with Crippen LogP contribution in [-0.2, 0) is 0 Å². The Hall–Kier alpha value is -1.02. The van der Waals surface area contributed by atoms with Gasteiger partial charge in [-0.25, -0.2) is 0 Å². The van der Waals surface area contributed by atoms with E-state index in [0.29, 0.717) is 0 Å². The summed E-state index contributed by atoms with van der Waals surface area (Å²) >= 11 is 0. The summed E-state index contributed by atoms with van der Waals surface area (Å²) in [5.74, 6) is 0.948. The summed E-state index contributed by atoms with van der Waals surface area (Å²) in [5, 5.41) is 0. The van der Waals surface area contributed by atoms with E-state index in [1.807, 2.05) is 12.1 Å². The Balaban J connectivity index is 2.23. The highest BCUT2D eigenvalue weighted by molar-refractivity contribution is 5.30. The monoisotopic (exact) mass is 291 g/mol. The Labute approximate surface area is 131 Å². The van der Waals surface area contributed by atoms with Gasteiger partial charge >= 0.3 is 0 Å². The minimum absolute atomic E-state index is 0.144. The normalized spacial score (nSPS) is 12.3. The number of unbranched alkanes of at least 4 members (excludes halogenated alkanes) is 6. The van der Waals surface area contributed by atoms with Crippen LogP contribution in [0.1, 0.15) is 83.2 Å². The molecule has 2 heteroatoms. The van der Waals surface area contributed by atoms with E-state index in [9.17, 15) is 0 Å². The molecule has 0 aliphatic heterocycles. The second-order valence-corrected chi connectivity index (χ2v) is 5.94. The van der Waals surface area contributed by atoms with Gasteiger partial charge in [0, 0.05) is 6.04 Å². The molecule has 1 rings (SSSR count). The van der Waals surface area contributed by atoms with Crippen LogP contribution in [0.4, 0.5) is 0 Å². The van der Waals surface area contributed by atoms with Crippen LogP contribution in [0.3, 0.4) is 0 Å². The molecule has 2 nitrogen and oxygen atoms in total.